The number of likely N-dealkylation sites (N-methyl/N-ethyl adjacent to an activating group) is 1. The zero-order chi connectivity index (χ0) is 15.0. The molecule has 21 heavy (non-hydrogen) atoms. The number of hydrogen-bond acceptors (Lipinski definition) is 2. The lowest BCUT2D eigenvalue weighted by atomic mass is 9.98. The Labute approximate surface area is 124 Å². The molecule has 1 unspecified atom stereocenters. The van der Waals surface area contributed by atoms with Crippen molar-refractivity contribution in [2.75, 3.05) is 11.4 Å². The molecule has 0 aromatic heterocycles. The van der Waals surface area contributed by atoms with Gasteiger partial charge in [-0.2, -0.15) is 0 Å². The molecule has 0 saturated heterocycles. The third kappa shape index (κ3) is 2.45. The maximum Gasteiger partial charge on any atom is 0.231 e. The fraction of sp³-hybridized carbons (Fsp3) is 0.278. The smallest absolute Gasteiger partial charge is 0.231 e. The van der Waals surface area contributed by atoms with Crippen molar-refractivity contribution < 1.29 is 9.90 Å². The van der Waals surface area contributed by atoms with Gasteiger partial charge in [-0.15, -0.1) is 0 Å². The molecule has 1 heterocycles. The summed E-state index contributed by atoms with van der Waals surface area (Å²) in [5.41, 5.74) is 4.86. The van der Waals surface area contributed by atoms with Crippen molar-refractivity contribution in [1.82, 2.24) is 0 Å². The van der Waals surface area contributed by atoms with E-state index in [1.54, 1.807) is 4.90 Å². The third-order valence-electron chi connectivity index (χ3n) is 4.06. The molecule has 0 spiro atoms. The fourth-order valence-electron chi connectivity index (χ4n) is 2.86. The van der Waals surface area contributed by atoms with Gasteiger partial charge in [-0.25, -0.2) is 0 Å². The van der Waals surface area contributed by atoms with E-state index in [1.165, 1.54) is 5.56 Å². The Bertz CT molecular complexity index is 676. The van der Waals surface area contributed by atoms with Crippen molar-refractivity contribution in [1.29, 1.82) is 0 Å². The SMILES string of the molecule is CCN1C(=O)Cc2cc(C(O)c3ccc(C)cc3)ccc21. The Kier molecular flexibility index (Phi) is 3.52. The molecule has 1 N–H and O–H groups in total. The minimum atomic E-state index is -0.651. The van der Waals surface area contributed by atoms with E-state index in [4.69, 9.17) is 0 Å². The maximum absolute atomic E-state index is 11.9. The van der Waals surface area contributed by atoms with E-state index in [0.29, 0.717) is 13.0 Å². The molecule has 1 aliphatic rings. The lowest BCUT2D eigenvalue weighted by Crippen LogP contribution is -2.25. The average Bonchev–Trinajstić information content (AvgIpc) is 2.81. The van der Waals surface area contributed by atoms with Gasteiger partial charge in [-0.3, -0.25) is 4.79 Å². The highest BCUT2D eigenvalue weighted by Crippen LogP contribution is 2.32. The Morgan fingerprint density at radius 3 is 2.48 bits per heavy atom. The first-order valence-electron chi connectivity index (χ1n) is 7.28. The Balaban J connectivity index is 1.93. The zero-order valence-electron chi connectivity index (χ0n) is 12.3. The number of anilines is 1. The highest BCUT2D eigenvalue weighted by Gasteiger charge is 2.26. The topological polar surface area (TPSA) is 40.5 Å². The summed E-state index contributed by atoms with van der Waals surface area (Å²) >= 11 is 0. The number of amides is 1. The van der Waals surface area contributed by atoms with Crippen LogP contribution in [0.4, 0.5) is 5.69 Å². The number of aliphatic hydroxyl groups excluding tert-OH is 1. The molecule has 1 amide bonds. The Morgan fingerprint density at radius 1 is 1.14 bits per heavy atom. The summed E-state index contributed by atoms with van der Waals surface area (Å²) in [5.74, 6) is 0.134. The first-order valence-corrected chi connectivity index (χ1v) is 7.28. The quantitative estimate of drug-likeness (QED) is 0.939. The van der Waals surface area contributed by atoms with Crippen LogP contribution in [0.3, 0.4) is 0 Å². The monoisotopic (exact) mass is 281 g/mol. The van der Waals surface area contributed by atoms with Gasteiger partial charge in [0, 0.05) is 12.2 Å². The molecule has 108 valence electrons. The van der Waals surface area contributed by atoms with E-state index in [-0.39, 0.29) is 5.91 Å². The molecule has 0 fully saturated rings. The standard InChI is InChI=1S/C18H19NO2/c1-3-19-16-9-8-14(10-15(16)11-17(19)20)18(21)13-6-4-12(2)5-7-13/h4-10,18,21H,3,11H2,1-2H3. The summed E-state index contributed by atoms with van der Waals surface area (Å²) in [5, 5.41) is 10.5. The molecule has 2 aromatic rings. The molecule has 2 aromatic carbocycles. The predicted molar refractivity (Wildman–Crippen MR) is 83.4 cm³/mol. The number of hydrogen-bond donors (Lipinski definition) is 1. The van der Waals surface area contributed by atoms with E-state index in [9.17, 15) is 9.90 Å². The first-order chi connectivity index (χ1) is 10.1. The van der Waals surface area contributed by atoms with Crippen LogP contribution in [-0.2, 0) is 11.2 Å². The van der Waals surface area contributed by atoms with E-state index >= 15 is 0 Å². The highest BCUT2D eigenvalue weighted by atomic mass is 16.3. The molecule has 3 rings (SSSR count). The lowest BCUT2D eigenvalue weighted by molar-refractivity contribution is -0.117. The number of nitrogens with zero attached hydrogens (tertiary/aromatic N) is 1. The van der Waals surface area contributed by atoms with Gasteiger partial charge >= 0.3 is 0 Å². The van der Waals surface area contributed by atoms with Crippen molar-refractivity contribution in [3.05, 3.63) is 64.7 Å². The molecule has 0 radical (unpaired) electrons. The van der Waals surface area contributed by atoms with Gasteiger partial charge in [0.25, 0.3) is 0 Å². The van der Waals surface area contributed by atoms with Crippen LogP contribution in [0.25, 0.3) is 0 Å². The van der Waals surface area contributed by atoms with Crippen molar-refractivity contribution >= 4 is 11.6 Å². The van der Waals surface area contributed by atoms with Crippen LogP contribution in [0.15, 0.2) is 42.5 Å². The predicted octanol–water partition coefficient (Wildman–Crippen LogP) is 2.99. The number of aliphatic hydroxyl groups is 1. The van der Waals surface area contributed by atoms with E-state index in [0.717, 1.165) is 22.4 Å². The van der Waals surface area contributed by atoms with Crippen molar-refractivity contribution in [3.63, 3.8) is 0 Å². The molecule has 1 atom stereocenters. The Morgan fingerprint density at radius 2 is 1.81 bits per heavy atom. The molecular formula is C18H19NO2. The zero-order valence-corrected chi connectivity index (χ0v) is 12.3. The lowest BCUT2D eigenvalue weighted by Gasteiger charge is -2.16. The van der Waals surface area contributed by atoms with E-state index < -0.39 is 6.10 Å². The highest BCUT2D eigenvalue weighted by molar-refractivity contribution is 6.01. The van der Waals surface area contributed by atoms with Crippen LogP contribution in [0.1, 0.15) is 35.3 Å². The fourth-order valence-corrected chi connectivity index (χ4v) is 2.86. The second-order valence-electron chi connectivity index (χ2n) is 5.52. The van der Waals surface area contributed by atoms with Gasteiger partial charge < -0.3 is 10.0 Å². The molecule has 0 aliphatic carbocycles. The first kappa shape index (κ1) is 13.8. The normalized spacial score (nSPS) is 15.2. The summed E-state index contributed by atoms with van der Waals surface area (Å²) in [4.78, 5) is 13.7. The molecule has 1 aliphatic heterocycles. The maximum atomic E-state index is 11.9. The van der Waals surface area contributed by atoms with Gasteiger partial charge in [-0.1, -0.05) is 42.0 Å². The van der Waals surface area contributed by atoms with Crippen LogP contribution in [0.2, 0.25) is 0 Å². The number of carbonyl (C=O) groups excluding carboxylic acids is 1. The number of rotatable bonds is 3. The molecule has 0 saturated carbocycles. The summed E-state index contributed by atoms with van der Waals surface area (Å²) in [6, 6.07) is 13.7. The summed E-state index contributed by atoms with van der Waals surface area (Å²) in [6.45, 7) is 4.68. The number of fused-ring (bicyclic) bond motifs is 1. The van der Waals surface area contributed by atoms with E-state index in [2.05, 4.69) is 0 Å². The molecular weight excluding hydrogens is 262 g/mol. The van der Waals surface area contributed by atoms with Crippen molar-refractivity contribution in [2.24, 2.45) is 0 Å². The van der Waals surface area contributed by atoms with E-state index in [1.807, 2.05) is 56.3 Å². The molecule has 0 bridgehead atoms. The largest absolute Gasteiger partial charge is 0.384 e. The number of aryl methyl sites for hydroxylation is 1. The second kappa shape index (κ2) is 5.34. The second-order valence-corrected chi connectivity index (χ2v) is 5.52. The van der Waals surface area contributed by atoms with Gasteiger partial charge in [-0.05, 0) is 36.6 Å². The minimum Gasteiger partial charge on any atom is -0.384 e. The van der Waals surface area contributed by atoms with Crippen LogP contribution < -0.4 is 4.90 Å². The number of carbonyl (C=O) groups is 1. The summed E-state index contributed by atoms with van der Waals surface area (Å²) in [6.07, 6.45) is -0.223. The molecule has 3 nitrogen and oxygen atoms in total. The average molecular weight is 281 g/mol. The van der Waals surface area contributed by atoms with Gasteiger partial charge in [0.1, 0.15) is 6.10 Å². The van der Waals surface area contributed by atoms with Crippen LogP contribution in [0, 0.1) is 6.92 Å². The van der Waals surface area contributed by atoms with Gasteiger partial charge in [0.05, 0.1) is 6.42 Å². The summed E-state index contributed by atoms with van der Waals surface area (Å²) in [7, 11) is 0. The van der Waals surface area contributed by atoms with Gasteiger partial charge in [0.15, 0.2) is 0 Å². The van der Waals surface area contributed by atoms with Crippen molar-refractivity contribution in [3.8, 4) is 0 Å². The van der Waals surface area contributed by atoms with Gasteiger partial charge in [0.2, 0.25) is 5.91 Å². The summed E-state index contributed by atoms with van der Waals surface area (Å²) < 4.78 is 0. The third-order valence-corrected chi connectivity index (χ3v) is 4.06. The number of benzene rings is 2. The van der Waals surface area contributed by atoms with Crippen LogP contribution in [0.5, 0.6) is 0 Å². The van der Waals surface area contributed by atoms with Crippen LogP contribution in [-0.4, -0.2) is 17.6 Å². The molecule has 3 heteroatoms. The minimum absolute atomic E-state index is 0.134. The Hall–Kier alpha value is -2.13. The van der Waals surface area contributed by atoms with Crippen molar-refractivity contribution in [2.45, 2.75) is 26.4 Å². The van der Waals surface area contributed by atoms with Crippen LogP contribution >= 0.6 is 0 Å².